The van der Waals surface area contributed by atoms with Gasteiger partial charge in [-0.05, 0) is 59.4 Å². The minimum absolute atomic E-state index is 0.0202. The summed E-state index contributed by atoms with van der Waals surface area (Å²) in [6, 6.07) is 3.63. The monoisotopic (exact) mass is 535 g/mol. The molecule has 1 aromatic carbocycles. The highest BCUT2D eigenvalue weighted by Gasteiger charge is 2.48. The van der Waals surface area contributed by atoms with Crippen molar-refractivity contribution in [3.05, 3.63) is 34.9 Å². The van der Waals surface area contributed by atoms with Gasteiger partial charge < -0.3 is 25.0 Å². The van der Waals surface area contributed by atoms with Crippen molar-refractivity contribution in [2.24, 2.45) is 5.92 Å². The first-order chi connectivity index (χ1) is 17.3. The van der Waals surface area contributed by atoms with Gasteiger partial charge in [-0.3, -0.25) is 14.4 Å². The molecule has 1 aliphatic carbocycles. The van der Waals surface area contributed by atoms with Crippen LogP contribution in [0.2, 0.25) is 0 Å². The summed E-state index contributed by atoms with van der Waals surface area (Å²) >= 11 is 4.32. The molecule has 1 saturated carbocycles. The number of hydrogen-bond acceptors (Lipinski definition) is 7. The van der Waals surface area contributed by atoms with Gasteiger partial charge in [0.05, 0.1) is 13.0 Å². The number of ether oxygens (including phenoxy) is 2. The number of rotatable bonds is 11. The van der Waals surface area contributed by atoms with Crippen molar-refractivity contribution in [3.8, 4) is 0 Å². The lowest BCUT2D eigenvalue weighted by atomic mass is 9.98. The fourth-order valence-electron chi connectivity index (χ4n) is 4.21. The van der Waals surface area contributed by atoms with Crippen LogP contribution < -0.4 is 10.6 Å². The summed E-state index contributed by atoms with van der Waals surface area (Å²) in [6.07, 6.45) is 0.0203. The average Bonchev–Trinajstić information content (AvgIpc) is 3.49. The molecule has 0 spiro atoms. The summed E-state index contributed by atoms with van der Waals surface area (Å²) in [5, 5.41) is 5.43. The molecule has 10 heteroatoms. The first-order valence-corrected chi connectivity index (χ1v) is 13.3. The third-order valence-electron chi connectivity index (χ3n) is 5.87. The Morgan fingerprint density at radius 1 is 1.14 bits per heavy atom. The van der Waals surface area contributed by atoms with Crippen LogP contribution in [0.4, 0.5) is 4.79 Å². The van der Waals surface area contributed by atoms with E-state index in [9.17, 15) is 19.2 Å². The lowest BCUT2D eigenvalue weighted by Gasteiger charge is -2.35. The van der Waals surface area contributed by atoms with Crippen LogP contribution in [-0.4, -0.2) is 65.4 Å². The minimum atomic E-state index is -0.994. The van der Waals surface area contributed by atoms with Crippen molar-refractivity contribution in [2.45, 2.75) is 85.0 Å². The van der Waals surface area contributed by atoms with Crippen LogP contribution in [0.5, 0.6) is 0 Å². The Labute approximate surface area is 225 Å². The Balaban J connectivity index is 2.40. The molecule has 1 aliphatic rings. The summed E-state index contributed by atoms with van der Waals surface area (Å²) in [6.45, 7) is 13.1. The molecule has 0 heterocycles. The fraction of sp³-hybridized carbons (Fsp3) is 0.630. The zero-order valence-electron chi connectivity index (χ0n) is 22.9. The Morgan fingerprint density at radius 2 is 1.73 bits per heavy atom. The molecule has 37 heavy (non-hydrogen) atoms. The summed E-state index contributed by atoms with van der Waals surface area (Å²) in [5.74, 6) is -1.02. The number of thiol groups is 1. The predicted octanol–water partition coefficient (Wildman–Crippen LogP) is 3.47. The molecule has 4 atom stereocenters. The van der Waals surface area contributed by atoms with Crippen molar-refractivity contribution < 1.29 is 28.7 Å². The Hall–Kier alpha value is -2.75. The fourth-order valence-corrected chi connectivity index (χ4v) is 4.46. The highest BCUT2D eigenvalue weighted by atomic mass is 32.1. The van der Waals surface area contributed by atoms with E-state index in [-0.39, 0.29) is 37.3 Å². The van der Waals surface area contributed by atoms with E-state index in [1.165, 1.54) is 0 Å². The van der Waals surface area contributed by atoms with Crippen molar-refractivity contribution >= 4 is 36.5 Å². The summed E-state index contributed by atoms with van der Waals surface area (Å²) in [4.78, 5) is 53.4. The molecule has 0 aliphatic heterocycles. The largest absolute Gasteiger partial charge is 0.466 e. The van der Waals surface area contributed by atoms with Gasteiger partial charge in [-0.2, -0.15) is 12.6 Å². The molecule has 2 rings (SSSR count). The van der Waals surface area contributed by atoms with Gasteiger partial charge in [0.2, 0.25) is 11.8 Å². The third kappa shape index (κ3) is 9.25. The molecular weight excluding hydrogens is 494 g/mol. The van der Waals surface area contributed by atoms with E-state index in [2.05, 4.69) is 23.3 Å². The second-order valence-corrected chi connectivity index (χ2v) is 10.9. The van der Waals surface area contributed by atoms with Crippen molar-refractivity contribution in [1.29, 1.82) is 0 Å². The number of amides is 3. The number of esters is 1. The van der Waals surface area contributed by atoms with E-state index in [1.54, 1.807) is 32.6 Å². The topological polar surface area (TPSA) is 114 Å². The van der Waals surface area contributed by atoms with Crippen molar-refractivity contribution in [2.75, 3.05) is 18.9 Å². The van der Waals surface area contributed by atoms with Gasteiger partial charge in [-0.25, -0.2) is 4.79 Å². The molecule has 2 N–H and O–H groups in total. The quantitative estimate of drug-likeness (QED) is 0.295. The SMILES string of the molecule is CCOC(=O)CCNC(=O)C(c1cc(C)cc(C)c1)N(C(=O)C(CS)NC(=O)OC(C)(C)C)C1CC1C. The maximum absolute atomic E-state index is 13.9. The maximum atomic E-state index is 13.9. The van der Waals surface area contributed by atoms with E-state index < -0.39 is 41.6 Å². The number of aryl methyl sites for hydroxylation is 2. The smallest absolute Gasteiger partial charge is 0.408 e. The Bertz CT molecular complexity index is 973. The van der Waals surface area contributed by atoms with Crippen LogP contribution in [0.3, 0.4) is 0 Å². The summed E-state index contributed by atoms with van der Waals surface area (Å²) in [5.41, 5.74) is 1.83. The number of nitrogens with zero attached hydrogens (tertiary/aromatic N) is 1. The molecule has 4 unspecified atom stereocenters. The molecule has 9 nitrogen and oxygen atoms in total. The number of benzene rings is 1. The number of nitrogens with one attached hydrogen (secondary N) is 2. The lowest BCUT2D eigenvalue weighted by Crippen LogP contribution is -2.54. The van der Waals surface area contributed by atoms with Gasteiger partial charge in [-0.1, -0.05) is 36.2 Å². The Kier molecular flexibility index (Phi) is 10.8. The van der Waals surface area contributed by atoms with Gasteiger partial charge in [0.25, 0.3) is 0 Å². The standard InChI is InChI=1S/C27H41N3O6S/c1-8-35-22(31)9-10-28-24(32)23(19-12-16(2)11-17(3)13-19)30(21-14-18(21)4)25(33)20(15-37)29-26(34)36-27(5,6)7/h11-13,18,20-21,23,37H,8-10,14-15H2,1-7H3,(H,28,32)(H,29,34). The van der Waals surface area contributed by atoms with Gasteiger partial charge in [0.1, 0.15) is 17.7 Å². The molecule has 1 aromatic rings. The molecule has 0 bridgehead atoms. The molecule has 0 saturated heterocycles. The van der Waals surface area contributed by atoms with Gasteiger partial charge in [-0.15, -0.1) is 0 Å². The van der Waals surface area contributed by atoms with Crippen LogP contribution in [0.1, 0.15) is 70.2 Å². The number of alkyl carbamates (subject to hydrolysis) is 1. The lowest BCUT2D eigenvalue weighted by molar-refractivity contribution is -0.144. The summed E-state index contributed by atoms with van der Waals surface area (Å²) < 4.78 is 10.3. The second kappa shape index (κ2) is 13.2. The van der Waals surface area contributed by atoms with Crippen LogP contribution in [0.25, 0.3) is 0 Å². The predicted molar refractivity (Wildman–Crippen MR) is 144 cm³/mol. The molecular formula is C27H41N3O6S. The van der Waals surface area contributed by atoms with E-state index in [0.29, 0.717) is 5.56 Å². The average molecular weight is 536 g/mol. The van der Waals surface area contributed by atoms with Crippen molar-refractivity contribution in [1.82, 2.24) is 15.5 Å². The number of hydrogen-bond donors (Lipinski definition) is 3. The van der Waals surface area contributed by atoms with E-state index in [0.717, 1.165) is 17.5 Å². The van der Waals surface area contributed by atoms with E-state index in [4.69, 9.17) is 9.47 Å². The maximum Gasteiger partial charge on any atom is 0.408 e. The molecule has 3 amide bonds. The molecule has 0 aromatic heterocycles. The van der Waals surface area contributed by atoms with Crippen LogP contribution in [-0.2, 0) is 23.9 Å². The number of carbonyl (C=O) groups excluding carboxylic acids is 4. The van der Waals surface area contributed by atoms with Gasteiger partial charge in [0.15, 0.2) is 0 Å². The first-order valence-electron chi connectivity index (χ1n) is 12.7. The zero-order chi connectivity index (χ0) is 27.9. The van der Waals surface area contributed by atoms with E-state index in [1.807, 2.05) is 39.0 Å². The second-order valence-electron chi connectivity index (χ2n) is 10.6. The highest BCUT2D eigenvalue weighted by Crippen LogP contribution is 2.41. The molecule has 0 radical (unpaired) electrons. The van der Waals surface area contributed by atoms with Crippen molar-refractivity contribution in [3.63, 3.8) is 0 Å². The summed E-state index contributed by atoms with van der Waals surface area (Å²) in [7, 11) is 0. The van der Waals surface area contributed by atoms with Crippen LogP contribution >= 0.6 is 12.6 Å². The van der Waals surface area contributed by atoms with Crippen LogP contribution in [0, 0.1) is 19.8 Å². The van der Waals surface area contributed by atoms with E-state index >= 15 is 0 Å². The number of carbonyl (C=O) groups is 4. The first kappa shape index (κ1) is 30.5. The zero-order valence-corrected chi connectivity index (χ0v) is 23.8. The van der Waals surface area contributed by atoms with Crippen LogP contribution in [0.15, 0.2) is 18.2 Å². The Morgan fingerprint density at radius 3 is 2.22 bits per heavy atom. The molecule has 206 valence electrons. The minimum Gasteiger partial charge on any atom is -0.466 e. The third-order valence-corrected chi connectivity index (χ3v) is 6.24. The van der Waals surface area contributed by atoms with Gasteiger partial charge in [0, 0.05) is 18.3 Å². The molecule has 1 fully saturated rings. The van der Waals surface area contributed by atoms with Gasteiger partial charge >= 0.3 is 12.1 Å². The normalized spacial score (nSPS) is 18.3. The highest BCUT2D eigenvalue weighted by molar-refractivity contribution is 7.80.